The Kier molecular flexibility index (Phi) is 3.70. The van der Waals surface area contributed by atoms with Crippen LogP contribution in [-0.4, -0.2) is 0 Å². The molecule has 3 heteroatoms. The van der Waals surface area contributed by atoms with Gasteiger partial charge >= 0.3 is 29.6 Å². The summed E-state index contributed by atoms with van der Waals surface area (Å²) in [5.74, 6) is 0. The number of hydrogen-bond acceptors (Lipinski definition) is 2. The van der Waals surface area contributed by atoms with Crippen molar-refractivity contribution < 1.29 is 29.6 Å². The van der Waals surface area contributed by atoms with Crippen LogP contribution in [0.5, 0.6) is 0 Å². The average molecular weight is 130 g/mol. The molecule has 0 aromatic heterocycles. The molecule has 0 aliphatic heterocycles. The molecule has 0 atom stereocenters. The molecule has 42 valence electrons. The normalized spacial score (nSPS) is 8.00. The van der Waals surface area contributed by atoms with Crippen LogP contribution in [0.25, 0.3) is 0 Å². The summed E-state index contributed by atoms with van der Waals surface area (Å²) in [5.41, 5.74) is 11.8. The first-order valence-electron chi connectivity index (χ1n) is 2.32. The minimum absolute atomic E-state index is 0. The summed E-state index contributed by atoms with van der Waals surface area (Å²) in [5, 5.41) is 0. The maximum absolute atomic E-state index is 5.32. The van der Waals surface area contributed by atoms with Gasteiger partial charge in [-0.2, -0.15) is 6.07 Å². The minimum atomic E-state index is 0. The molecule has 0 spiro atoms. The fraction of sp³-hybridized carbons (Fsp3) is 0. The number of anilines is 2. The maximum Gasteiger partial charge on any atom is 1.00 e. The number of benzene rings is 1. The second-order valence-corrected chi connectivity index (χ2v) is 1.56. The predicted octanol–water partition coefficient (Wildman–Crippen LogP) is -2.34. The number of hydrogen-bond donors (Lipinski definition) is 2. The Labute approximate surface area is 76.5 Å². The average Bonchev–Trinajstić information content (AvgIpc) is 1.64. The van der Waals surface area contributed by atoms with E-state index in [1.807, 2.05) is 0 Å². The smallest absolute Gasteiger partial charge is 0.420 e. The summed E-state index contributed by atoms with van der Waals surface area (Å²) < 4.78 is 0. The van der Waals surface area contributed by atoms with Gasteiger partial charge in [0.1, 0.15) is 0 Å². The van der Waals surface area contributed by atoms with Crippen LogP contribution >= 0.6 is 0 Å². The van der Waals surface area contributed by atoms with Gasteiger partial charge in [-0.3, -0.25) is 0 Å². The monoisotopic (exact) mass is 130 g/mol. The zero-order valence-corrected chi connectivity index (χ0v) is 7.39. The van der Waals surface area contributed by atoms with Crippen molar-refractivity contribution in [2.75, 3.05) is 11.5 Å². The van der Waals surface area contributed by atoms with E-state index in [4.69, 9.17) is 11.5 Å². The van der Waals surface area contributed by atoms with Crippen LogP contribution in [0.1, 0.15) is 0 Å². The quantitative estimate of drug-likeness (QED) is 0.235. The molecule has 0 amide bonds. The first-order chi connectivity index (χ1) is 3.79. The molecule has 0 saturated heterocycles. The van der Waals surface area contributed by atoms with E-state index >= 15 is 0 Å². The molecule has 1 rings (SSSR count). The summed E-state index contributed by atoms with van der Waals surface area (Å²) in [6, 6.07) is 8.01. The van der Waals surface area contributed by atoms with Gasteiger partial charge in [-0.1, -0.05) is 11.4 Å². The Bertz CT molecular complexity index is 171. The molecule has 0 aliphatic rings. The second-order valence-electron chi connectivity index (χ2n) is 1.56. The molecule has 1 aromatic rings. The SMILES string of the molecule is Nc1[c-]c(N)ccc1.[Na+]. The van der Waals surface area contributed by atoms with Crippen LogP contribution in [-0.2, 0) is 0 Å². The van der Waals surface area contributed by atoms with Crippen LogP contribution in [0.15, 0.2) is 18.2 Å². The minimum Gasteiger partial charge on any atom is -0.420 e. The van der Waals surface area contributed by atoms with Crippen LogP contribution < -0.4 is 41.0 Å². The van der Waals surface area contributed by atoms with E-state index in [9.17, 15) is 0 Å². The van der Waals surface area contributed by atoms with Gasteiger partial charge in [0.05, 0.1) is 0 Å². The Hall–Kier alpha value is -0.180. The first kappa shape index (κ1) is 8.82. The number of nitrogen functional groups attached to an aromatic ring is 2. The van der Waals surface area contributed by atoms with Crippen molar-refractivity contribution in [3.05, 3.63) is 24.3 Å². The van der Waals surface area contributed by atoms with Gasteiger partial charge in [-0.25, -0.2) is 0 Å². The van der Waals surface area contributed by atoms with Crippen LogP contribution in [0, 0.1) is 6.07 Å². The van der Waals surface area contributed by atoms with Gasteiger partial charge in [0, 0.05) is 0 Å². The predicted molar refractivity (Wildman–Crippen MR) is 34.1 cm³/mol. The third-order valence-corrected chi connectivity index (χ3v) is 0.840. The number of rotatable bonds is 0. The summed E-state index contributed by atoms with van der Waals surface area (Å²) in [6.07, 6.45) is 0. The van der Waals surface area contributed by atoms with Gasteiger partial charge in [-0.15, -0.1) is 18.2 Å². The molecule has 0 bridgehead atoms. The molecular weight excluding hydrogens is 123 g/mol. The third kappa shape index (κ3) is 2.75. The van der Waals surface area contributed by atoms with Crippen molar-refractivity contribution in [3.8, 4) is 0 Å². The third-order valence-electron chi connectivity index (χ3n) is 0.840. The summed E-state index contributed by atoms with van der Waals surface area (Å²) in [6.45, 7) is 0. The fourth-order valence-electron chi connectivity index (χ4n) is 0.505. The first-order valence-corrected chi connectivity index (χ1v) is 2.32. The van der Waals surface area contributed by atoms with Crippen LogP contribution in [0.2, 0.25) is 0 Å². The molecule has 0 saturated carbocycles. The van der Waals surface area contributed by atoms with E-state index < -0.39 is 0 Å². The van der Waals surface area contributed by atoms with Crippen LogP contribution in [0.3, 0.4) is 0 Å². The van der Waals surface area contributed by atoms with E-state index in [0.717, 1.165) is 0 Å². The topological polar surface area (TPSA) is 52.0 Å². The summed E-state index contributed by atoms with van der Waals surface area (Å²) in [4.78, 5) is 0. The molecule has 4 N–H and O–H groups in total. The van der Waals surface area contributed by atoms with Crippen molar-refractivity contribution >= 4 is 11.4 Å². The summed E-state index contributed by atoms with van der Waals surface area (Å²) in [7, 11) is 0. The van der Waals surface area contributed by atoms with Crippen molar-refractivity contribution in [1.82, 2.24) is 0 Å². The van der Waals surface area contributed by atoms with E-state index in [1.165, 1.54) is 0 Å². The molecule has 0 fully saturated rings. The van der Waals surface area contributed by atoms with E-state index in [1.54, 1.807) is 18.2 Å². The largest absolute Gasteiger partial charge is 1.00 e. The molecule has 0 radical (unpaired) electrons. The van der Waals surface area contributed by atoms with Crippen molar-refractivity contribution in [1.29, 1.82) is 0 Å². The zero-order valence-electron chi connectivity index (χ0n) is 5.39. The Morgan fingerprint density at radius 2 is 1.56 bits per heavy atom. The van der Waals surface area contributed by atoms with Gasteiger partial charge in [-0.05, 0) is 0 Å². The van der Waals surface area contributed by atoms with Crippen molar-refractivity contribution in [2.24, 2.45) is 0 Å². The van der Waals surface area contributed by atoms with Crippen molar-refractivity contribution in [3.63, 3.8) is 0 Å². The molecule has 0 heterocycles. The fourth-order valence-corrected chi connectivity index (χ4v) is 0.505. The van der Waals surface area contributed by atoms with Gasteiger partial charge in [0.2, 0.25) is 0 Å². The van der Waals surface area contributed by atoms with Gasteiger partial charge in [0.15, 0.2) is 0 Å². The van der Waals surface area contributed by atoms with Gasteiger partial charge < -0.3 is 11.5 Å². The van der Waals surface area contributed by atoms with E-state index in [0.29, 0.717) is 11.4 Å². The molecule has 1 aromatic carbocycles. The second kappa shape index (κ2) is 3.77. The zero-order chi connectivity index (χ0) is 5.98. The molecule has 0 unspecified atom stereocenters. The standard InChI is InChI=1S/C6H7N2.Na/c7-5-2-1-3-6(8)4-5;/h1-3H,7-8H2;/q-1;+1. The molecule has 2 nitrogen and oxygen atoms in total. The molecule has 0 aliphatic carbocycles. The van der Waals surface area contributed by atoms with E-state index in [-0.39, 0.29) is 29.6 Å². The summed E-state index contributed by atoms with van der Waals surface area (Å²) >= 11 is 0. The molecular formula is C6H7N2Na. The van der Waals surface area contributed by atoms with E-state index in [2.05, 4.69) is 6.07 Å². The number of nitrogens with two attached hydrogens (primary N) is 2. The van der Waals surface area contributed by atoms with Crippen molar-refractivity contribution in [2.45, 2.75) is 0 Å². The molecule has 9 heavy (non-hydrogen) atoms. The Balaban J connectivity index is 0.000000640. The Morgan fingerprint density at radius 3 is 1.78 bits per heavy atom. The maximum atomic E-state index is 5.32. The van der Waals surface area contributed by atoms with Crippen LogP contribution in [0.4, 0.5) is 11.4 Å². The Morgan fingerprint density at radius 1 is 1.11 bits per heavy atom. The van der Waals surface area contributed by atoms with Gasteiger partial charge in [0.25, 0.3) is 0 Å².